The Balaban J connectivity index is 1.79. The second-order valence-corrected chi connectivity index (χ2v) is 7.38. The van der Waals surface area contributed by atoms with Crippen LogP contribution in [0.15, 0.2) is 78.3 Å². The third-order valence-corrected chi connectivity index (χ3v) is 5.33. The second-order valence-electron chi connectivity index (χ2n) is 5.99. The number of nitrogens with zero attached hydrogens (tertiary/aromatic N) is 3. The van der Waals surface area contributed by atoms with Crippen LogP contribution in [0.3, 0.4) is 0 Å². The fraction of sp³-hybridized carbons (Fsp3) is 0.0476. The maximum Gasteiger partial charge on any atom is 0.261 e. The van der Waals surface area contributed by atoms with Gasteiger partial charge in [0.2, 0.25) is 0 Å². The Bertz CT molecular complexity index is 1070. The molecule has 27 heavy (non-hydrogen) atoms. The van der Waals surface area contributed by atoms with Crippen LogP contribution in [0.4, 0.5) is 5.69 Å². The Morgan fingerprint density at radius 1 is 1.07 bits per heavy atom. The van der Waals surface area contributed by atoms with Gasteiger partial charge in [-0.1, -0.05) is 41.9 Å². The molecule has 2 heterocycles. The molecule has 0 aliphatic carbocycles. The first kappa shape index (κ1) is 17.5. The Kier molecular flexibility index (Phi) is 4.79. The molecule has 0 spiro atoms. The normalized spacial score (nSPS) is 10.7. The van der Waals surface area contributed by atoms with Crippen LogP contribution in [0.5, 0.6) is 0 Å². The molecule has 6 heteroatoms. The van der Waals surface area contributed by atoms with E-state index in [1.807, 2.05) is 60.0 Å². The second kappa shape index (κ2) is 7.39. The predicted molar refractivity (Wildman–Crippen MR) is 111 cm³/mol. The molecule has 4 aromatic rings. The van der Waals surface area contributed by atoms with E-state index in [4.69, 9.17) is 16.7 Å². The number of para-hydroxylation sites is 1. The number of rotatable bonds is 4. The van der Waals surface area contributed by atoms with Crippen molar-refractivity contribution in [3.05, 3.63) is 88.9 Å². The van der Waals surface area contributed by atoms with Gasteiger partial charge in [0.25, 0.3) is 5.91 Å². The summed E-state index contributed by atoms with van der Waals surface area (Å²) in [4.78, 5) is 15.8. The van der Waals surface area contributed by atoms with Crippen molar-refractivity contribution < 1.29 is 4.79 Å². The van der Waals surface area contributed by atoms with Crippen molar-refractivity contribution in [1.29, 1.82) is 0 Å². The minimum absolute atomic E-state index is 0.136. The van der Waals surface area contributed by atoms with Crippen LogP contribution < -0.4 is 4.90 Å². The van der Waals surface area contributed by atoms with E-state index in [9.17, 15) is 4.79 Å². The quantitative estimate of drug-likeness (QED) is 0.457. The number of hydrogen-bond donors (Lipinski definition) is 0. The van der Waals surface area contributed by atoms with Crippen molar-refractivity contribution >= 4 is 34.5 Å². The predicted octanol–water partition coefficient (Wildman–Crippen LogP) is 5.53. The number of amides is 1. The van der Waals surface area contributed by atoms with Crippen LogP contribution in [0.25, 0.3) is 16.3 Å². The SMILES string of the molecule is CN(C(=O)c1cn(-c2ccccc2)nc1-c1cccs1)c1cccc(Cl)c1. The molecule has 2 aromatic carbocycles. The highest BCUT2D eigenvalue weighted by Crippen LogP contribution is 2.30. The van der Waals surface area contributed by atoms with Crippen LogP contribution in [0.1, 0.15) is 10.4 Å². The van der Waals surface area contributed by atoms with Crippen LogP contribution in [0, 0.1) is 0 Å². The van der Waals surface area contributed by atoms with Crippen molar-refractivity contribution in [3.63, 3.8) is 0 Å². The van der Waals surface area contributed by atoms with Crippen molar-refractivity contribution in [2.24, 2.45) is 0 Å². The summed E-state index contributed by atoms with van der Waals surface area (Å²) in [7, 11) is 1.74. The molecule has 0 atom stereocenters. The average molecular weight is 394 g/mol. The molecule has 0 unspecified atom stereocenters. The number of benzene rings is 2. The van der Waals surface area contributed by atoms with Gasteiger partial charge in [0.1, 0.15) is 5.69 Å². The highest BCUT2D eigenvalue weighted by Gasteiger charge is 2.23. The zero-order valence-corrected chi connectivity index (χ0v) is 16.1. The fourth-order valence-corrected chi connectivity index (χ4v) is 3.73. The van der Waals surface area contributed by atoms with E-state index in [0.29, 0.717) is 16.3 Å². The van der Waals surface area contributed by atoms with Crippen molar-refractivity contribution in [3.8, 4) is 16.3 Å². The molecule has 0 bridgehead atoms. The van der Waals surface area contributed by atoms with E-state index in [1.165, 1.54) is 0 Å². The number of aromatic nitrogens is 2. The number of halogens is 1. The summed E-state index contributed by atoms with van der Waals surface area (Å²) in [6, 6.07) is 20.9. The van der Waals surface area contributed by atoms with Gasteiger partial charge in [-0.15, -0.1) is 11.3 Å². The lowest BCUT2D eigenvalue weighted by Gasteiger charge is -2.17. The minimum atomic E-state index is -0.136. The van der Waals surface area contributed by atoms with E-state index in [2.05, 4.69) is 0 Å². The fourth-order valence-electron chi connectivity index (χ4n) is 2.82. The lowest BCUT2D eigenvalue weighted by Crippen LogP contribution is -2.26. The lowest BCUT2D eigenvalue weighted by atomic mass is 10.2. The Morgan fingerprint density at radius 3 is 2.59 bits per heavy atom. The molecule has 4 rings (SSSR count). The molecule has 134 valence electrons. The summed E-state index contributed by atoms with van der Waals surface area (Å²) in [5, 5.41) is 7.26. The molecule has 0 aliphatic heterocycles. The number of carbonyl (C=O) groups is 1. The Morgan fingerprint density at radius 2 is 1.89 bits per heavy atom. The van der Waals surface area contributed by atoms with E-state index >= 15 is 0 Å². The summed E-state index contributed by atoms with van der Waals surface area (Å²) in [6.45, 7) is 0. The number of thiophene rings is 1. The van der Waals surface area contributed by atoms with E-state index in [0.717, 1.165) is 16.3 Å². The van der Waals surface area contributed by atoms with Gasteiger partial charge < -0.3 is 4.90 Å². The van der Waals surface area contributed by atoms with Gasteiger partial charge in [0, 0.05) is 24.0 Å². The lowest BCUT2D eigenvalue weighted by molar-refractivity contribution is 0.0993. The van der Waals surface area contributed by atoms with Gasteiger partial charge in [-0.2, -0.15) is 5.10 Å². The smallest absolute Gasteiger partial charge is 0.261 e. The van der Waals surface area contributed by atoms with Crippen molar-refractivity contribution in [1.82, 2.24) is 9.78 Å². The molecule has 2 aromatic heterocycles. The summed E-state index contributed by atoms with van der Waals surface area (Å²) >= 11 is 7.64. The third kappa shape index (κ3) is 3.52. The maximum absolute atomic E-state index is 13.3. The van der Waals surface area contributed by atoms with Gasteiger partial charge in [0.05, 0.1) is 16.1 Å². The van der Waals surface area contributed by atoms with E-state index < -0.39 is 0 Å². The number of hydrogen-bond acceptors (Lipinski definition) is 3. The Labute approximate surface area is 166 Å². The molecule has 4 nitrogen and oxygen atoms in total. The molecule has 0 saturated carbocycles. The third-order valence-electron chi connectivity index (χ3n) is 4.22. The average Bonchev–Trinajstić information content (AvgIpc) is 3.37. The number of anilines is 1. The molecular formula is C21H16ClN3OS. The highest BCUT2D eigenvalue weighted by molar-refractivity contribution is 7.13. The minimum Gasteiger partial charge on any atom is -0.311 e. The zero-order chi connectivity index (χ0) is 18.8. The summed E-state index contributed by atoms with van der Waals surface area (Å²) in [5.41, 5.74) is 2.85. The zero-order valence-electron chi connectivity index (χ0n) is 14.5. The topological polar surface area (TPSA) is 38.1 Å². The maximum atomic E-state index is 13.3. The summed E-state index contributed by atoms with van der Waals surface area (Å²) < 4.78 is 1.74. The molecule has 0 aliphatic rings. The van der Waals surface area contributed by atoms with E-state index in [-0.39, 0.29) is 5.91 Å². The molecule has 1 amide bonds. The molecule has 0 saturated heterocycles. The van der Waals surface area contributed by atoms with Crippen molar-refractivity contribution in [2.45, 2.75) is 0 Å². The molecule has 0 fully saturated rings. The van der Waals surface area contributed by atoms with Gasteiger partial charge in [0.15, 0.2) is 0 Å². The van der Waals surface area contributed by atoms with Gasteiger partial charge in [-0.3, -0.25) is 4.79 Å². The van der Waals surface area contributed by atoms with Crippen LogP contribution >= 0.6 is 22.9 Å². The van der Waals surface area contributed by atoms with E-state index in [1.54, 1.807) is 46.3 Å². The van der Waals surface area contributed by atoms with Crippen LogP contribution in [-0.2, 0) is 0 Å². The number of carbonyl (C=O) groups excluding carboxylic acids is 1. The Hall–Kier alpha value is -2.89. The van der Waals surface area contributed by atoms with Crippen LogP contribution in [0.2, 0.25) is 5.02 Å². The van der Waals surface area contributed by atoms with Gasteiger partial charge >= 0.3 is 0 Å². The highest BCUT2D eigenvalue weighted by atomic mass is 35.5. The first-order valence-electron chi connectivity index (χ1n) is 8.36. The van der Waals surface area contributed by atoms with Gasteiger partial charge in [-0.05, 0) is 41.8 Å². The first-order valence-corrected chi connectivity index (χ1v) is 9.62. The molecule has 0 radical (unpaired) electrons. The summed E-state index contributed by atoms with van der Waals surface area (Å²) in [5.74, 6) is -0.136. The van der Waals surface area contributed by atoms with Crippen molar-refractivity contribution in [2.75, 3.05) is 11.9 Å². The first-order chi connectivity index (χ1) is 13.1. The standard InChI is InChI=1S/C21H16ClN3OS/c1-24(17-10-5-7-15(22)13-17)21(26)18-14-25(16-8-3-2-4-9-16)23-20(18)19-11-6-12-27-19/h2-14H,1H3. The molecular weight excluding hydrogens is 378 g/mol. The molecule has 0 N–H and O–H groups in total. The van der Waals surface area contributed by atoms with Crippen LogP contribution in [-0.4, -0.2) is 22.7 Å². The largest absolute Gasteiger partial charge is 0.311 e. The van der Waals surface area contributed by atoms with Gasteiger partial charge in [-0.25, -0.2) is 4.68 Å². The monoisotopic (exact) mass is 393 g/mol. The summed E-state index contributed by atoms with van der Waals surface area (Å²) in [6.07, 6.45) is 1.79.